The second-order valence-corrected chi connectivity index (χ2v) is 29.5. The molecule has 22 nitrogen and oxygen atoms in total. The highest BCUT2D eigenvalue weighted by Gasteiger charge is 2.52. The van der Waals surface area contributed by atoms with Crippen LogP contribution >= 0.6 is 34.8 Å². The molecule has 1 saturated heterocycles. The molecule has 1 aliphatic rings. The van der Waals surface area contributed by atoms with Crippen molar-refractivity contribution in [1.29, 1.82) is 0 Å². The summed E-state index contributed by atoms with van der Waals surface area (Å²) in [5.74, 6) is 2.52. The molecular formula is C85H88BCl3N18O4. The fourth-order valence-corrected chi connectivity index (χ4v) is 11.8. The fraction of sp³-hybridized carbons (Fsp3) is 0.224. The number of ether oxygens (including phenoxy) is 1. The average Bonchev–Trinajstić information content (AvgIpc) is 1.60. The van der Waals surface area contributed by atoms with E-state index in [2.05, 4.69) is 119 Å². The number of carbonyl (C=O) groups is 1. The second-order valence-electron chi connectivity index (χ2n) is 28.3. The Kier molecular flexibility index (Phi) is 27.0. The molecular weight excluding hydrogens is 1450 g/mol. The van der Waals surface area contributed by atoms with Crippen LogP contribution in [-0.4, -0.2) is 128 Å². The van der Waals surface area contributed by atoms with Crippen molar-refractivity contribution in [3.63, 3.8) is 0 Å². The molecule has 0 bridgehead atoms. The van der Waals surface area contributed by atoms with E-state index in [0.29, 0.717) is 15.2 Å². The van der Waals surface area contributed by atoms with Crippen LogP contribution in [0.1, 0.15) is 70.7 Å². The van der Waals surface area contributed by atoms with Crippen LogP contribution in [0, 0.1) is 0 Å². The maximum Gasteiger partial charge on any atom is 0.498 e. The van der Waals surface area contributed by atoms with Gasteiger partial charge >= 0.3 is 13.2 Å². The first-order valence-electron chi connectivity index (χ1n) is 35.9. The van der Waals surface area contributed by atoms with Crippen molar-refractivity contribution in [3.8, 4) is 22.3 Å². The summed E-state index contributed by atoms with van der Waals surface area (Å²) in [6.07, 6.45) is 17.0. The Balaban J connectivity index is 0.000000137. The van der Waals surface area contributed by atoms with E-state index >= 15 is 0 Å². The van der Waals surface area contributed by atoms with Gasteiger partial charge in [-0.25, -0.2) is 24.7 Å². The third-order valence-corrected chi connectivity index (χ3v) is 18.4. The van der Waals surface area contributed by atoms with Crippen molar-refractivity contribution in [2.75, 3.05) is 42.9 Å². The standard InChI is InChI=1S/C24H25N5O2.C19H17N5.C16H14ClN3.C10H17BN2O2.C8H4Cl2N2.C8H11N/c1-24(2,3)31-23(30)29-16-19(13-26-29)18-10-11-20-21(12-18)25-14-22(27-20)28(4)15-17-8-6-5-7-9-17;1-24(13-14-5-3-2-4-6-14)19-12-20-18-9-15(7-8-17(18)23-19)16-10-21-22-11-16;1-20(11-12-5-3-2-4-6-12)16-10-18-15-9-13(17)7-8-14(15)19-16;1-9(2)10(3,4)15-11(14-9)8-6-12-13(5)7-8;9-5-1-2-6-7(3-5)11-4-8(10)12-6;1-9-7-8-5-3-2-4-6-8/h5-14,16H,15H2,1-4H3;2-12H,13H2,1H3,(H,21,22);2-10H,11H2,1H3;6-7H,1-5H3;1-4H;2-6,9H,7H2,1H3. The molecule has 1 fully saturated rings. The maximum absolute atomic E-state index is 12.2. The predicted octanol–water partition coefficient (Wildman–Crippen LogP) is 17.6. The van der Waals surface area contributed by atoms with Gasteiger partial charge in [0.25, 0.3) is 0 Å². The number of aromatic amines is 1. The van der Waals surface area contributed by atoms with Gasteiger partial charge in [0, 0.05) is 106 Å². The zero-order chi connectivity index (χ0) is 78.7. The predicted molar refractivity (Wildman–Crippen MR) is 447 cm³/mol. The van der Waals surface area contributed by atoms with Gasteiger partial charge in [-0.1, -0.05) is 168 Å². The van der Waals surface area contributed by atoms with Gasteiger partial charge in [-0.05, 0) is 150 Å². The average molecular weight is 1540 g/mol. The molecule has 0 spiro atoms. The quantitative estimate of drug-likeness (QED) is 0.0963. The van der Waals surface area contributed by atoms with Gasteiger partial charge in [0.1, 0.15) is 28.2 Å². The first-order valence-corrected chi connectivity index (χ1v) is 37.0. The van der Waals surface area contributed by atoms with E-state index in [1.807, 2.05) is 230 Å². The summed E-state index contributed by atoms with van der Waals surface area (Å²) >= 11 is 17.4. The van der Waals surface area contributed by atoms with Gasteiger partial charge < -0.3 is 34.1 Å². The van der Waals surface area contributed by atoms with E-state index in [4.69, 9.17) is 58.8 Å². The number of H-pyrrole nitrogens is 1. The van der Waals surface area contributed by atoms with Crippen LogP contribution in [-0.2, 0) is 47.3 Å². The number of hydrogen-bond donors (Lipinski definition) is 2. The van der Waals surface area contributed by atoms with Crippen LogP contribution in [0.2, 0.25) is 15.2 Å². The molecule has 0 atom stereocenters. The minimum Gasteiger partial charge on any atom is -0.442 e. The Morgan fingerprint density at radius 2 is 0.901 bits per heavy atom. The molecule has 16 rings (SSSR count). The normalized spacial score (nSPS) is 12.5. The SMILES string of the molecule is CN(Cc1ccccc1)c1cnc2cc(-c3cn[nH]c3)ccc2n1.CN(Cc1ccccc1)c1cnc2cc(-c3cnn(C(=O)OC(C)(C)C)c3)ccc2n1.CN(Cc1ccccc1)c1cnc2cc(Cl)ccc2n1.CNCc1ccccc1.Clc1ccc2nc(Cl)cnc2c1.Cn1cc(B2OC(C)(C)C(C)(C)O2)cn1. The molecule has 566 valence electrons. The smallest absolute Gasteiger partial charge is 0.442 e. The number of hydrogen-bond acceptors (Lipinski definition) is 19. The maximum atomic E-state index is 12.2. The molecule has 2 N–H and O–H groups in total. The Morgan fingerprint density at radius 1 is 0.486 bits per heavy atom. The van der Waals surface area contributed by atoms with Crippen molar-refractivity contribution >= 4 is 115 Å². The number of benzene rings is 8. The lowest BCUT2D eigenvalue weighted by molar-refractivity contribution is 0.00578. The third-order valence-electron chi connectivity index (χ3n) is 17.8. The number of anilines is 3. The molecule has 111 heavy (non-hydrogen) atoms. The molecule has 0 amide bonds. The molecule has 0 saturated carbocycles. The molecule has 15 aromatic rings. The molecule has 1 aliphatic heterocycles. The zero-order valence-electron chi connectivity index (χ0n) is 64.1. The molecule has 0 radical (unpaired) electrons. The summed E-state index contributed by atoms with van der Waals surface area (Å²) in [7, 11) is 9.58. The van der Waals surface area contributed by atoms with Crippen molar-refractivity contribution in [3.05, 3.63) is 294 Å². The first-order chi connectivity index (χ1) is 53.3. The molecule has 8 aromatic carbocycles. The molecule has 0 unspecified atom stereocenters. The van der Waals surface area contributed by atoms with E-state index in [0.717, 1.165) is 115 Å². The Bertz CT molecular complexity index is 5450. The van der Waals surface area contributed by atoms with Gasteiger partial charge in [-0.2, -0.15) is 20.0 Å². The van der Waals surface area contributed by atoms with E-state index in [1.165, 1.54) is 33.1 Å². The minimum atomic E-state index is -0.576. The zero-order valence-corrected chi connectivity index (χ0v) is 66.3. The summed E-state index contributed by atoms with van der Waals surface area (Å²) in [5, 5.41) is 19.9. The number of aryl methyl sites for hydroxylation is 1. The molecule has 7 aromatic heterocycles. The Labute approximate surface area is 662 Å². The Morgan fingerprint density at radius 3 is 1.32 bits per heavy atom. The van der Waals surface area contributed by atoms with Crippen molar-refractivity contribution in [1.82, 2.24) is 74.9 Å². The number of nitrogens with one attached hydrogen (secondary N) is 2. The summed E-state index contributed by atoms with van der Waals surface area (Å²) in [6.45, 7) is 17.0. The van der Waals surface area contributed by atoms with Crippen LogP contribution in [0.4, 0.5) is 22.2 Å². The van der Waals surface area contributed by atoms with Crippen molar-refractivity contribution in [2.45, 2.75) is 91.4 Å². The number of fused-ring (bicyclic) bond motifs is 4. The van der Waals surface area contributed by atoms with Gasteiger partial charge in [0.15, 0.2) is 0 Å². The van der Waals surface area contributed by atoms with Crippen LogP contribution < -0.4 is 25.5 Å². The van der Waals surface area contributed by atoms with Gasteiger partial charge in [-0.15, -0.1) is 0 Å². The summed E-state index contributed by atoms with van der Waals surface area (Å²) < 4.78 is 20.1. The summed E-state index contributed by atoms with van der Waals surface area (Å²) in [6, 6.07) is 64.0. The summed E-state index contributed by atoms with van der Waals surface area (Å²) in [5.41, 5.74) is 15.2. The number of halogens is 3. The lowest BCUT2D eigenvalue weighted by Gasteiger charge is -2.32. The number of nitrogens with zero attached hydrogens (tertiary/aromatic N) is 16. The second kappa shape index (κ2) is 37.2. The third kappa shape index (κ3) is 22.8. The highest BCUT2D eigenvalue weighted by molar-refractivity contribution is 6.62. The topological polar surface area (TPSA) is 234 Å². The fourth-order valence-electron chi connectivity index (χ4n) is 11.3. The lowest BCUT2D eigenvalue weighted by atomic mass is 9.82. The molecule has 0 aliphatic carbocycles. The largest absolute Gasteiger partial charge is 0.498 e. The lowest BCUT2D eigenvalue weighted by Crippen LogP contribution is -2.41. The van der Waals surface area contributed by atoms with Gasteiger partial charge in [0.05, 0.1) is 92.5 Å². The minimum absolute atomic E-state index is 0.284. The summed E-state index contributed by atoms with van der Waals surface area (Å²) in [4.78, 5) is 54.3. The molecule has 26 heteroatoms. The Hall–Kier alpha value is -11.6. The number of rotatable bonds is 14. The van der Waals surface area contributed by atoms with E-state index in [-0.39, 0.29) is 18.3 Å². The van der Waals surface area contributed by atoms with Crippen LogP contribution in [0.5, 0.6) is 0 Å². The van der Waals surface area contributed by atoms with Crippen molar-refractivity contribution in [2.24, 2.45) is 7.05 Å². The van der Waals surface area contributed by atoms with Gasteiger partial charge in [-0.3, -0.25) is 29.7 Å². The van der Waals surface area contributed by atoms with Crippen LogP contribution in [0.25, 0.3) is 66.4 Å². The monoisotopic (exact) mass is 1540 g/mol. The van der Waals surface area contributed by atoms with Crippen LogP contribution in [0.15, 0.2) is 256 Å². The number of aromatic nitrogens is 14. The van der Waals surface area contributed by atoms with Crippen LogP contribution in [0.3, 0.4) is 0 Å². The van der Waals surface area contributed by atoms with E-state index < -0.39 is 11.7 Å². The highest BCUT2D eigenvalue weighted by atomic mass is 35.5. The first kappa shape index (κ1) is 80.4. The van der Waals surface area contributed by atoms with Crippen molar-refractivity contribution < 1.29 is 18.8 Å². The van der Waals surface area contributed by atoms with E-state index in [1.54, 1.807) is 60.1 Å². The van der Waals surface area contributed by atoms with Gasteiger partial charge in [0.2, 0.25) is 0 Å². The molecule has 8 heterocycles. The number of carbonyl (C=O) groups excluding carboxylic acids is 1. The highest BCUT2D eigenvalue weighted by Crippen LogP contribution is 2.37. The van der Waals surface area contributed by atoms with E-state index in [9.17, 15) is 4.79 Å².